The number of halogens is 1. The fourth-order valence-electron chi connectivity index (χ4n) is 3.53. The molecule has 0 N–H and O–H groups in total. The number of hydrogen-bond donors (Lipinski definition) is 0. The van der Waals surface area contributed by atoms with E-state index in [0.717, 1.165) is 28.5 Å². The van der Waals surface area contributed by atoms with Gasteiger partial charge >= 0.3 is 0 Å². The van der Waals surface area contributed by atoms with Gasteiger partial charge in [0.2, 0.25) is 17.7 Å². The molecule has 0 aliphatic carbocycles. The van der Waals surface area contributed by atoms with Crippen LogP contribution in [-0.2, 0) is 17.8 Å². The smallest absolute Gasteiger partial charge is 0.249 e. The molecule has 0 unspecified atom stereocenters. The average molecular weight is 438 g/mol. The number of amides is 1. The van der Waals surface area contributed by atoms with Crippen LogP contribution >= 0.6 is 11.6 Å². The second-order valence-electron chi connectivity index (χ2n) is 7.67. The number of fused-ring (bicyclic) bond motifs is 1. The molecule has 2 aromatic carbocycles. The summed E-state index contributed by atoms with van der Waals surface area (Å²) in [7, 11) is 0. The van der Waals surface area contributed by atoms with Crippen LogP contribution in [0.3, 0.4) is 0 Å². The maximum absolute atomic E-state index is 13.1. The van der Waals surface area contributed by atoms with Gasteiger partial charge in [0.1, 0.15) is 5.58 Å². The average Bonchev–Trinajstić information content (AvgIpc) is 3.36. The van der Waals surface area contributed by atoms with E-state index in [0.29, 0.717) is 28.9 Å². The van der Waals surface area contributed by atoms with Gasteiger partial charge in [0.15, 0.2) is 0 Å². The summed E-state index contributed by atoms with van der Waals surface area (Å²) >= 11 is 6.22. The van der Waals surface area contributed by atoms with Crippen LogP contribution in [-0.4, -0.2) is 27.5 Å². The Morgan fingerprint density at radius 2 is 1.90 bits per heavy atom. The summed E-state index contributed by atoms with van der Waals surface area (Å²) in [5, 5.41) is 9.74. The van der Waals surface area contributed by atoms with E-state index in [4.69, 9.17) is 20.4 Å². The van der Waals surface area contributed by atoms with Gasteiger partial charge in [0.25, 0.3) is 0 Å². The summed E-state index contributed by atoms with van der Waals surface area (Å²) < 4.78 is 11.5. The van der Waals surface area contributed by atoms with Gasteiger partial charge in [-0.05, 0) is 55.7 Å². The van der Waals surface area contributed by atoms with Gasteiger partial charge < -0.3 is 13.7 Å². The van der Waals surface area contributed by atoms with E-state index in [9.17, 15) is 4.79 Å². The van der Waals surface area contributed by atoms with Crippen molar-refractivity contribution >= 4 is 28.5 Å². The first-order chi connectivity index (χ1) is 15.0. The largest absolute Gasteiger partial charge is 0.464 e. The van der Waals surface area contributed by atoms with E-state index in [2.05, 4.69) is 23.2 Å². The molecule has 0 aliphatic rings. The molecule has 160 valence electrons. The molecule has 2 heterocycles. The molecule has 2 aromatic heterocycles. The lowest BCUT2D eigenvalue weighted by atomic mass is 10.0. The zero-order valence-electron chi connectivity index (χ0n) is 17.8. The van der Waals surface area contributed by atoms with Crippen molar-refractivity contribution in [3.05, 3.63) is 70.3 Å². The number of benzene rings is 2. The highest BCUT2D eigenvalue weighted by Crippen LogP contribution is 2.27. The Labute approximate surface area is 185 Å². The topological polar surface area (TPSA) is 72.4 Å². The van der Waals surface area contributed by atoms with Crippen molar-refractivity contribution in [3.8, 4) is 11.5 Å². The highest BCUT2D eigenvalue weighted by molar-refractivity contribution is 6.33. The number of furan rings is 1. The predicted octanol–water partition coefficient (Wildman–Crippen LogP) is 5.73. The van der Waals surface area contributed by atoms with Crippen molar-refractivity contribution in [2.45, 2.75) is 40.2 Å². The SMILES string of the molecule is CCCN(Cc1nnc(-c2ccccc2Cl)o1)C(=O)Cc1coc2cc(C)c(C)cc12. The number of rotatable bonds is 7. The van der Waals surface area contributed by atoms with Crippen molar-refractivity contribution in [3.63, 3.8) is 0 Å². The van der Waals surface area contributed by atoms with Gasteiger partial charge in [-0.2, -0.15) is 0 Å². The van der Waals surface area contributed by atoms with Gasteiger partial charge in [-0.25, -0.2) is 0 Å². The Kier molecular flexibility index (Phi) is 6.09. The number of aromatic nitrogens is 2. The second-order valence-corrected chi connectivity index (χ2v) is 8.07. The molecular formula is C24H24ClN3O3. The number of carbonyl (C=O) groups is 1. The number of nitrogens with zero attached hydrogens (tertiary/aromatic N) is 3. The predicted molar refractivity (Wildman–Crippen MR) is 120 cm³/mol. The third kappa shape index (κ3) is 4.49. The molecule has 0 atom stereocenters. The van der Waals surface area contributed by atoms with Gasteiger partial charge in [0, 0.05) is 17.5 Å². The quantitative estimate of drug-likeness (QED) is 0.369. The minimum absolute atomic E-state index is 0.0136. The Hall–Kier alpha value is -3.12. The van der Waals surface area contributed by atoms with Crippen LogP contribution in [0.5, 0.6) is 0 Å². The summed E-state index contributed by atoms with van der Waals surface area (Å²) in [6, 6.07) is 11.4. The lowest BCUT2D eigenvalue weighted by Crippen LogP contribution is -2.32. The van der Waals surface area contributed by atoms with Crippen molar-refractivity contribution in [2.75, 3.05) is 6.54 Å². The molecule has 6 nitrogen and oxygen atoms in total. The zero-order chi connectivity index (χ0) is 22.0. The van der Waals surface area contributed by atoms with Crippen LogP contribution < -0.4 is 0 Å². The Balaban J connectivity index is 1.52. The molecule has 0 bridgehead atoms. The zero-order valence-corrected chi connectivity index (χ0v) is 18.6. The monoisotopic (exact) mass is 437 g/mol. The van der Waals surface area contributed by atoms with E-state index in [-0.39, 0.29) is 18.9 Å². The molecule has 4 rings (SSSR count). The molecule has 0 spiro atoms. The fourth-order valence-corrected chi connectivity index (χ4v) is 3.75. The maximum Gasteiger partial charge on any atom is 0.249 e. The molecule has 0 fully saturated rings. The summed E-state index contributed by atoms with van der Waals surface area (Å²) in [5.41, 5.74) is 4.69. The van der Waals surface area contributed by atoms with Crippen molar-refractivity contribution in [2.24, 2.45) is 0 Å². The van der Waals surface area contributed by atoms with Crippen LogP contribution in [0, 0.1) is 13.8 Å². The molecule has 1 amide bonds. The molecule has 7 heteroatoms. The molecule has 0 radical (unpaired) electrons. The Bertz CT molecular complexity index is 1230. The van der Waals surface area contributed by atoms with Crippen LogP contribution in [0.4, 0.5) is 0 Å². The first-order valence-corrected chi connectivity index (χ1v) is 10.7. The molecule has 4 aromatic rings. The van der Waals surface area contributed by atoms with Crippen LogP contribution in [0.1, 0.15) is 35.9 Å². The lowest BCUT2D eigenvalue weighted by Gasteiger charge is -2.20. The first kappa shape index (κ1) is 21.1. The summed E-state index contributed by atoms with van der Waals surface area (Å²) in [6.07, 6.45) is 2.75. The van der Waals surface area contributed by atoms with Crippen molar-refractivity contribution in [1.82, 2.24) is 15.1 Å². The maximum atomic E-state index is 13.1. The van der Waals surface area contributed by atoms with E-state index < -0.39 is 0 Å². The van der Waals surface area contributed by atoms with Gasteiger partial charge in [-0.1, -0.05) is 30.7 Å². The van der Waals surface area contributed by atoms with Gasteiger partial charge in [-0.3, -0.25) is 4.79 Å². The molecule has 31 heavy (non-hydrogen) atoms. The van der Waals surface area contributed by atoms with E-state index >= 15 is 0 Å². The molecule has 0 saturated carbocycles. The highest BCUT2D eigenvalue weighted by atomic mass is 35.5. The lowest BCUT2D eigenvalue weighted by molar-refractivity contribution is -0.131. The normalized spacial score (nSPS) is 11.2. The van der Waals surface area contributed by atoms with Crippen LogP contribution in [0.2, 0.25) is 5.02 Å². The van der Waals surface area contributed by atoms with E-state index in [1.54, 1.807) is 17.2 Å². The van der Waals surface area contributed by atoms with Gasteiger partial charge in [0.05, 0.1) is 29.8 Å². The standard InChI is InChI=1S/C24H24ClN3O3/c1-4-9-28(13-22-26-27-24(31-22)18-7-5-6-8-20(18)25)23(29)12-17-14-30-21-11-16(3)15(2)10-19(17)21/h5-8,10-11,14H,4,9,12-13H2,1-3H3. The minimum Gasteiger partial charge on any atom is -0.464 e. The third-order valence-electron chi connectivity index (χ3n) is 5.36. The van der Waals surface area contributed by atoms with Crippen LogP contribution in [0.25, 0.3) is 22.4 Å². The fraction of sp³-hybridized carbons (Fsp3) is 0.292. The summed E-state index contributed by atoms with van der Waals surface area (Å²) in [4.78, 5) is 14.8. The van der Waals surface area contributed by atoms with Gasteiger partial charge in [-0.15, -0.1) is 10.2 Å². The molecule has 0 aliphatic heterocycles. The molecule has 0 saturated heterocycles. The summed E-state index contributed by atoms with van der Waals surface area (Å²) in [6.45, 7) is 6.98. The Morgan fingerprint density at radius 1 is 1.13 bits per heavy atom. The van der Waals surface area contributed by atoms with Crippen molar-refractivity contribution < 1.29 is 13.6 Å². The highest BCUT2D eigenvalue weighted by Gasteiger charge is 2.20. The van der Waals surface area contributed by atoms with E-state index in [1.165, 1.54) is 5.56 Å². The van der Waals surface area contributed by atoms with E-state index in [1.807, 2.05) is 38.1 Å². The minimum atomic E-state index is -0.0136. The number of carbonyl (C=O) groups excluding carboxylic acids is 1. The Morgan fingerprint density at radius 3 is 2.68 bits per heavy atom. The van der Waals surface area contributed by atoms with Crippen molar-refractivity contribution in [1.29, 1.82) is 0 Å². The van der Waals surface area contributed by atoms with Crippen LogP contribution in [0.15, 0.2) is 51.5 Å². The number of hydrogen-bond acceptors (Lipinski definition) is 5. The second kappa shape index (κ2) is 8.94. The number of aryl methyl sites for hydroxylation is 2. The summed E-state index contributed by atoms with van der Waals surface area (Å²) in [5.74, 6) is 0.705. The molecular weight excluding hydrogens is 414 g/mol. The first-order valence-electron chi connectivity index (χ1n) is 10.3. The third-order valence-corrected chi connectivity index (χ3v) is 5.68.